The number of carbonyl (C=O) groups is 1. The van der Waals surface area contributed by atoms with Gasteiger partial charge in [-0.2, -0.15) is 9.78 Å². The molecule has 0 atom stereocenters. The molecule has 0 saturated carbocycles. The Kier molecular flexibility index (Phi) is 7.53. The maximum atomic E-state index is 13.5. The third-order valence-electron chi connectivity index (χ3n) is 6.87. The van der Waals surface area contributed by atoms with E-state index in [2.05, 4.69) is 28.0 Å². The van der Waals surface area contributed by atoms with E-state index < -0.39 is 0 Å². The van der Waals surface area contributed by atoms with Gasteiger partial charge in [-0.3, -0.25) is 9.59 Å². The summed E-state index contributed by atoms with van der Waals surface area (Å²) in [6, 6.07) is 13.5. The summed E-state index contributed by atoms with van der Waals surface area (Å²) in [5.41, 5.74) is 3.24. The topological polar surface area (TPSA) is 81.7 Å². The van der Waals surface area contributed by atoms with Crippen LogP contribution < -0.4 is 5.56 Å². The standard InChI is InChI=1S/C28H30BrN5O3/c1-3-4-9-26-31-24-11-10-20(29)16-22(24)28(36)34(26)30-17-23-19(2)33(25-8-6-5-7-21(23)25)18-27(35)32-12-14-37-15-13-32/h5-8,10-11,16-17H,3-4,9,12-15,18H2,1-2H3. The van der Waals surface area contributed by atoms with Gasteiger partial charge < -0.3 is 14.2 Å². The highest BCUT2D eigenvalue weighted by atomic mass is 79.9. The molecule has 1 fully saturated rings. The third-order valence-corrected chi connectivity index (χ3v) is 7.36. The molecule has 5 rings (SSSR count). The van der Waals surface area contributed by atoms with Crippen LogP contribution in [0.4, 0.5) is 0 Å². The van der Waals surface area contributed by atoms with E-state index in [4.69, 9.17) is 9.72 Å². The number of para-hydroxylation sites is 1. The minimum atomic E-state index is -0.197. The normalized spacial score (nSPS) is 14.3. The summed E-state index contributed by atoms with van der Waals surface area (Å²) in [6.07, 6.45) is 4.29. The fourth-order valence-electron chi connectivity index (χ4n) is 4.80. The molecule has 2 aromatic carbocycles. The molecular formula is C28H30BrN5O3. The van der Waals surface area contributed by atoms with Gasteiger partial charge in [0.2, 0.25) is 5.91 Å². The Balaban J connectivity index is 1.57. The second-order valence-corrected chi connectivity index (χ2v) is 10.2. The van der Waals surface area contributed by atoms with Crippen LogP contribution in [0.25, 0.3) is 21.8 Å². The van der Waals surface area contributed by atoms with Gasteiger partial charge in [-0.15, -0.1) is 0 Å². The van der Waals surface area contributed by atoms with E-state index in [1.165, 1.54) is 4.68 Å². The zero-order chi connectivity index (χ0) is 25.9. The van der Waals surface area contributed by atoms with Crippen molar-refractivity contribution in [3.05, 3.63) is 74.4 Å². The largest absolute Gasteiger partial charge is 0.378 e. The van der Waals surface area contributed by atoms with Crippen LogP contribution in [-0.4, -0.2) is 57.6 Å². The van der Waals surface area contributed by atoms with Gasteiger partial charge in [0, 0.05) is 46.1 Å². The summed E-state index contributed by atoms with van der Waals surface area (Å²) in [7, 11) is 0. The molecule has 1 amide bonds. The van der Waals surface area contributed by atoms with Gasteiger partial charge in [-0.25, -0.2) is 4.98 Å². The predicted octanol–water partition coefficient (Wildman–Crippen LogP) is 4.51. The van der Waals surface area contributed by atoms with Crippen LogP contribution in [-0.2, 0) is 22.5 Å². The third kappa shape index (κ3) is 5.10. The summed E-state index contributed by atoms with van der Waals surface area (Å²) >= 11 is 3.46. The van der Waals surface area contributed by atoms with Gasteiger partial charge in [-0.05, 0) is 37.6 Å². The van der Waals surface area contributed by atoms with E-state index in [1.807, 2.05) is 52.8 Å². The van der Waals surface area contributed by atoms with Gasteiger partial charge in [0.25, 0.3) is 5.56 Å². The molecule has 1 aliphatic heterocycles. The highest BCUT2D eigenvalue weighted by molar-refractivity contribution is 9.10. The molecule has 9 heteroatoms. The Morgan fingerprint density at radius 1 is 1.16 bits per heavy atom. The van der Waals surface area contributed by atoms with Crippen molar-refractivity contribution in [2.75, 3.05) is 26.3 Å². The maximum Gasteiger partial charge on any atom is 0.282 e. The van der Waals surface area contributed by atoms with Crippen molar-refractivity contribution < 1.29 is 9.53 Å². The number of benzene rings is 2. The molecule has 0 aliphatic carbocycles. The average molecular weight is 564 g/mol. The summed E-state index contributed by atoms with van der Waals surface area (Å²) in [5.74, 6) is 0.708. The number of aromatic nitrogens is 3. The molecule has 0 bridgehead atoms. The number of hydrogen-bond donors (Lipinski definition) is 0. The number of aryl methyl sites for hydroxylation is 1. The Labute approximate surface area is 223 Å². The van der Waals surface area contributed by atoms with Crippen molar-refractivity contribution >= 4 is 49.9 Å². The lowest BCUT2D eigenvalue weighted by Crippen LogP contribution is -2.42. The van der Waals surface area contributed by atoms with Crippen molar-refractivity contribution in [1.29, 1.82) is 0 Å². The summed E-state index contributed by atoms with van der Waals surface area (Å²) in [5, 5.41) is 6.18. The molecule has 2 aromatic heterocycles. The fourth-order valence-corrected chi connectivity index (χ4v) is 5.16. The molecule has 37 heavy (non-hydrogen) atoms. The zero-order valence-corrected chi connectivity index (χ0v) is 22.7. The van der Waals surface area contributed by atoms with Crippen LogP contribution in [0.1, 0.15) is 36.8 Å². The van der Waals surface area contributed by atoms with Crippen LogP contribution in [0.5, 0.6) is 0 Å². The lowest BCUT2D eigenvalue weighted by molar-refractivity contribution is -0.135. The number of unbranched alkanes of at least 4 members (excludes halogenated alkanes) is 1. The predicted molar refractivity (Wildman–Crippen MR) is 149 cm³/mol. The molecule has 3 heterocycles. The zero-order valence-electron chi connectivity index (χ0n) is 21.1. The van der Waals surface area contributed by atoms with Crippen molar-refractivity contribution in [3.8, 4) is 0 Å². The number of nitrogens with zero attached hydrogens (tertiary/aromatic N) is 5. The quantitative estimate of drug-likeness (QED) is 0.310. The van der Waals surface area contributed by atoms with E-state index in [0.717, 1.165) is 39.5 Å². The lowest BCUT2D eigenvalue weighted by atomic mass is 10.1. The molecule has 1 saturated heterocycles. The number of fused-ring (bicyclic) bond motifs is 2. The van der Waals surface area contributed by atoms with E-state index in [0.29, 0.717) is 49.5 Å². The minimum absolute atomic E-state index is 0.0676. The van der Waals surface area contributed by atoms with Crippen LogP contribution in [0.15, 0.2) is 56.8 Å². The van der Waals surface area contributed by atoms with E-state index in [-0.39, 0.29) is 18.0 Å². The van der Waals surface area contributed by atoms with Crippen molar-refractivity contribution in [3.63, 3.8) is 0 Å². The first-order valence-electron chi connectivity index (χ1n) is 12.7. The maximum absolute atomic E-state index is 13.5. The number of morpholine rings is 1. The number of rotatable bonds is 7. The van der Waals surface area contributed by atoms with E-state index >= 15 is 0 Å². The smallest absolute Gasteiger partial charge is 0.282 e. The highest BCUT2D eigenvalue weighted by Gasteiger charge is 2.20. The van der Waals surface area contributed by atoms with Gasteiger partial charge >= 0.3 is 0 Å². The summed E-state index contributed by atoms with van der Waals surface area (Å²) < 4.78 is 9.67. The summed E-state index contributed by atoms with van der Waals surface area (Å²) in [6.45, 7) is 6.71. The molecule has 0 unspecified atom stereocenters. The first-order chi connectivity index (χ1) is 18.0. The monoisotopic (exact) mass is 563 g/mol. The second kappa shape index (κ2) is 11.0. The van der Waals surface area contributed by atoms with Crippen molar-refractivity contribution in [2.45, 2.75) is 39.7 Å². The van der Waals surface area contributed by atoms with Crippen molar-refractivity contribution in [1.82, 2.24) is 19.1 Å². The minimum Gasteiger partial charge on any atom is -0.378 e. The second-order valence-electron chi connectivity index (χ2n) is 9.25. The molecular weight excluding hydrogens is 534 g/mol. The average Bonchev–Trinajstić information content (AvgIpc) is 3.18. The SMILES string of the molecule is CCCCc1nc2ccc(Br)cc2c(=O)n1N=Cc1c(C)n(CC(=O)N2CCOCC2)c2ccccc12. The molecule has 4 aromatic rings. The first kappa shape index (κ1) is 25.4. The lowest BCUT2D eigenvalue weighted by Gasteiger charge is -2.27. The Bertz CT molecular complexity index is 1550. The Morgan fingerprint density at radius 3 is 2.73 bits per heavy atom. The van der Waals surface area contributed by atoms with E-state index in [1.54, 1.807) is 12.3 Å². The fraction of sp³-hybridized carbons (Fsp3) is 0.357. The van der Waals surface area contributed by atoms with Gasteiger partial charge in [0.1, 0.15) is 12.4 Å². The molecule has 0 radical (unpaired) electrons. The van der Waals surface area contributed by atoms with Crippen LogP contribution in [0, 0.1) is 6.92 Å². The van der Waals surface area contributed by atoms with Gasteiger partial charge in [0.05, 0.1) is 30.3 Å². The molecule has 8 nitrogen and oxygen atoms in total. The Hall–Kier alpha value is -3.30. The first-order valence-corrected chi connectivity index (χ1v) is 13.5. The van der Waals surface area contributed by atoms with Crippen LogP contribution >= 0.6 is 15.9 Å². The molecule has 0 N–H and O–H groups in total. The summed E-state index contributed by atoms with van der Waals surface area (Å²) in [4.78, 5) is 33.2. The number of halogens is 1. The molecule has 1 aliphatic rings. The number of amides is 1. The number of carbonyl (C=O) groups excluding carboxylic acids is 1. The van der Waals surface area contributed by atoms with Crippen LogP contribution in [0.3, 0.4) is 0 Å². The molecule has 0 spiro atoms. The number of ether oxygens (including phenoxy) is 1. The Morgan fingerprint density at radius 2 is 1.95 bits per heavy atom. The van der Waals surface area contributed by atoms with Crippen molar-refractivity contribution in [2.24, 2.45) is 5.10 Å². The van der Waals surface area contributed by atoms with Gasteiger partial charge in [0.15, 0.2) is 0 Å². The van der Waals surface area contributed by atoms with Gasteiger partial charge in [-0.1, -0.05) is 47.5 Å². The molecule has 192 valence electrons. The van der Waals surface area contributed by atoms with Crippen LogP contribution in [0.2, 0.25) is 0 Å². The number of hydrogen-bond acceptors (Lipinski definition) is 5. The van der Waals surface area contributed by atoms with E-state index in [9.17, 15) is 9.59 Å². The highest BCUT2D eigenvalue weighted by Crippen LogP contribution is 2.25.